The number of hydrogen-bond acceptors (Lipinski definition) is 5. The molecule has 5 rings (SSSR count). The van der Waals surface area contributed by atoms with Crippen LogP contribution < -0.4 is 5.32 Å². The SMILES string of the molecule is O=C(Cc1ccc(Cl)cc1)Nc1cccc(-c2ccc3nnc(-c4ccncc4)n3n2)c1. The van der Waals surface area contributed by atoms with E-state index in [4.69, 9.17) is 16.7 Å². The van der Waals surface area contributed by atoms with Crippen LogP contribution in [-0.2, 0) is 11.2 Å². The summed E-state index contributed by atoms with van der Waals surface area (Å²) in [6, 6.07) is 22.3. The number of pyridine rings is 1. The first-order valence-corrected chi connectivity index (χ1v) is 10.3. The molecule has 32 heavy (non-hydrogen) atoms. The lowest BCUT2D eigenvalue weighted by molar-refractivity contribution is -0.115. The highest BCUT2D eigenvalue weighted by Crippen LogP contribution is 2.23. The summed E-state index contributed by atoms with van der Waals surface area (Å²) in [5.41, 5.74) is 4.72. The zero-order valence-corrected chi connectivity index (χ0v) is 17.6. The van der Waals surface area contributed by atoms with Gasteiger partial charge in [-0.3, -0.25) is 9.78 Å². The number of rotatable bonds is 5. The van der Waals surface area contributed by atoms with Crippen molar-refractivity contribution in [2.24, 2.45) is 0 Å². The molecule has 0 saturated carbocycles. The van der Waals surface area contributed by atoms with Crippen molar-refractivity contribution in [2.45, 2.75) is 6.42 Å². The number of anilines is 1. The smallest absolute Gasteiger partial charge is 0.228 e. The predicted molar refractivity (Wildman–Crippen MR) is 123 cm³/mol. The zero-order valence-electron chi connectivity index (χ0n) is 16.8. The second-order valence-electron chi connectivity index (χ2n) is 7.18. The van der Waals surface area contributed by atoms with Crippen LogP contribution in [0.5, 0.6) is 0 Å². The number of nitrogens with zero attached hydrogens (tertiary/aromatic N) is 5. The van der Waals surface area contributed by atoms with Crippen molar-refractivity contribution < 1.29 is 4.79 Å². The van der Waals surface area contributed by atoms with Crippen molar-refractivity contribution in [3.05, 3.63) is 95.8 Å². The highest BCUT2D eigenvalue weighted by molar-refractivity contribution is 6.30. The van der Waals surface area contributed by atoms with Crippen molar-refractivity contribution in [1.82, 2.24) is 24.8 Å². The molecule has 0 fully saturated rings. The van der Waals surface area contributed by atoms with Gasteiger partial charge in [-0.2, -0.15) is 9.61 Å². The summed E-state index contributed by atoms with van der Waals surface area (Å²) in [5.74, 6) is 0.531. The van der Waals surface area contributed by atoms with Gasteiger partial charge in [-0.1, -0.05) is 35.9 Å². The summed E-state index contributed by atoms with van der Waals surface area (Å²) in [6.07, 6.45) is 3.68. The Balaban J connectivity index is 1.40. The van der Waals surface area contributed by atoms with Gasteiger partial charge in [0.1, 0.15) is 0 Å². The normalized spacial score (nSPS) is 10.9. The maximum Gasteiger partial charge on any atom is 0.228 e. The Bertz CT molecular complexity index is 1400. The van der Waals surface area contributed by atoms with Crippen LogP contribution in [0.1, 0.15) is 5.56 Å². The Labute approximate surface area is 188 Å². The first kappa shape index (κ1) is 19.8. The highest BCUT2D eigenvalue weighted by atomic mass is 35.5. The third kappa shape index (κ3) is 4.19. The van der Waals surface area contributed by atoms with Crippen LogP contribution in [0.4, 0.5) is 5.69 Å². The molecule has 156 valence electrons. The van der Waals surface area contributed by atoms with E-state index in [2.05, 4.69) is 20.5 Å². The minimum absolute atomic E-state index is 0.105. The van der Waals surface area contributed by atoms with Crippen LogP contribution in [0.15, 0.2) is 85.2 Å². The van der Waals surface area contributed by atoms with Crippen LogP contribution in [0, 0.1) is 0 Å². The summed E-state index contributed by atoms with van der Waals surface area (Å²) >= 11 is 5.91. The van der Waals surface area contributed by atoms with Crippen molar-refractivity contribution in [3.8, 4) is 22.6 Å². The number of aromatic nitrogens is 5. The summed E-state index contributed by atoms with van der Waals surface area (Å²) in [5, 5.41) is 16.8. The van der Waals surface area contributed by atoms with Gasteiger partial charge >= 0.3 is 0 Å². The monoisotopic (exact) mass is 440 g/mol. The first-order valence-electron chi connectivity index (χ1n) is 9.93. The zero-order chi connectivity index (χ0) is 21.9. The fraction of sp³-hybridized carbons (Fsp3) is 0.0417. The first-order chi connectivity index (χ1) is 15.7. The molecule has 8 heteroatoms. The molecule has 0 atom stereocenters. The van der Waals surface area contributed by atoms with E-state index in [1.807, 2.05) is 60.7 Å². The largest absolute Gasteiger partial charge is 0.326 e. The predicted octanol–water partition coefficient (Wildman–Crippen LogP) is 4.69. The van der Waals surface area contributed by atoms with E-state index in [0.29, 0.717) is 22.2 Å². The molecular weight excluding hydrogens is 424 g/mol. The molecule has 5 aromatic rings. The molecule has 3 aromatic heterocycles. The lowest BCUT2D eigenvalue weighted by atomic mass is 10.1. The Morgan fingerprint density at radius 2 is 1.72 bits per heavy atom. The molecule has 0 bridgehead atoms. The molecule has 0 aliphatic rings. The van der Waals surface area contributed by atoms with Crippen LogP contribution in [0.2, 0.25) is 5.02 Å². The van der Waals surface area contributed by atoms with Gasteiger partial charge < -0.3 is 5.32 Å². The number of hydrogen-bond donors (Lipinski definition) is 1. The van der Waals surface area contributed by atoms with E-state index in [-0.39, 0.29) is 12.3 Å². The number of amides is 1. The Hall–Kier alpha value is -4.10. The van der Waals surface area contributed by atoms with Gasteiger partial charge in [0.15, 0.2) is 11.5 Å². The topological polar surface area (TPSA) is 85.1 Å². The molecule has 0 spiro atoms. The van der Waals surface area contributed by atoms with Gasteiger partial charge in [0.25, 0.3) is 0 Å². The van der Waals surface area contributed by atoms with Crippen LogP contribution in [-0.4, -0.2) is 30.7 Å². The molecular formula is C24H17ClN6O. The number of carbonyl (C=O) groups excluding carboxylic acids is 1. The molecule has 7 nitrogen and oxygen atoms in total. The quantitative estimate of drug-likeness (QED) is 0.428. The lowest BCUT2D eigenvalue weighted by Crippen LogP contribution is -2.14. The van der Waals surface area contributed by atoms with E-state index in [0.717, 1.165) is 22.4 Å². The van der Waals surface area contributed by atoms with Gasteiger partial charge in [-0.05, 0) is 54.1 Å². The Morgan fingerprint density at radius 3 is 2.53 bits per heavy atom. The van der Waals surface area contributed by atoms with Gasteiger partial charge in [0.2, 0.25) is 5.91 Å². The minimum Gasteiger partial charge on any atom is -0.326 e. The fourth-order valence-corrected chi connectivity index (χ4v) is 3.50. The summed E-state index contributed by atoms with van der Waals surface area (Å²) in [4.78, 5) is 16.5. The third-order valence-electron chi connectivity index (χ3n) is 4.92. The third-order valence-corrected chi connectivity index (χ3v) is 5.17. The molecule has 0 radical (unpaired) electrons. The molecule has 0 aliphatic carbocycles. The maximum atomic E-state index is 12.5. The standard InChI is InChI=1S/C24H17ClN6O/c25-19-6-4-16(5-7-19)14-23(32)27-20-3-1-2-18(15-20)21-8-9-22-28-29-24(31(22)30-21)17-10-12-26-13-11-17/h1-13,15H,14H2,(H,27,32). The molecule has 0 aliphatic heterocycles. The summed E-state index contributed by atoms with van der Waals surface area (Å²) in [6.45, 7) is 0. The maximum absolute atomic E-state index is 12.5. The highest BCUT2D eigenvalue weighted by Gasteiger charge is 2.11. The molecule has 1 amide bonds. The fourth-order valence-electron chi connectivity index (χ4n) is 3.37. The van der Waals surface area contributed by atoms with Gasteiger partial charge in [0.05, 0.1) is 12.1 Å². The van der Waals surface area contributed by atoms with E-state index >= 15 is 0 Å². The van der Waals surface area contributed by atoms with E-state index < -0.39 is 0 Å². The van der Waals surface area contributed by atoms with Crippen LogP contribution in [0.3, 0.4) is 0 Å². The van der Waals surface area contributed by atoms with Crippen molar-refractivity contribution >= 4 is 28.8 Å². The average Bonchev–Trinajstić information content (AvgIpc) is 3.25. The van der Waals surface area contributed by atoms with Crippen LogP contribution in [0.25, 0.3) is 28.3 Å². The minimum atomic E-state index is -0.105. The number of nitrogens with one attached hydrogen (secondary N) is 1. The van der Waals surface area contributed by atoms with Crippen molar-refractivity contribution in [1.29, 1.82) is 0 Å². The Kier molecular flexibility index (Phi) is 5.31. The van der Waals surface area contributed by atoms with Gasteiger partial charge in [0, 0.05) is 34.2 Å². The van der Waals surface area contributed by atoms with E-state index in [1.54, 1.807) is 29.0 Å². The van der Waals surface area contributed by atoms with E-state index in [9.17, 15) is 4.79 Å². The summed E-state index contributed by atoms with van der Waals surface area (Å²) < 4.78 is 1.70. The molecule has 0 unspecified atom stereocenters. The van der Waals surface area contributed by atoms with Gasteiger partial charge in [-0.25, -0.2) is 0 Å². The number of halogens is 1. The second kappa shape index (κ2) is 8.56. The lowest BCUT2D eigenvalue weighted by Gasteiger charge is -2.08. The van der Waals surface area contributed by atoms with Crippen molar-refractivity contribution in [3.63, 3.8) is 0 Å². The van der Waals surface area contributed by atoms with Gasteiger partial charge in [-0.15, -0.1) is 10.2 Å². The Morgan fingerprint density at radius 1 is 0.906 bits per heavy atom. The molecule has 1 N–H and O–H groups in total. The van der Waals surface area contributed by atoms with Crippen LogP contribution >= 0.6 is 11.6 Å². The molecule has 2 aromatic carbocycles. The molecule has 3 heterocycles. The average molecular weight is 441 g/mol. The van der Waals surface area contributed by atoms with E-state index in [1.165, 1.54) is 0 Å². The number of carbonyl (C=O) groups is 1. The molecule has 0 saturated heterocycles. The second-order valence-corrected chi connectivity index (χ2v) is 7.62. The summed E-state index contributed by atoms with van der Waals surface area (Å²) in [7, 11) is 0. The number of fused-ring (bicyclic) bond motifs is 1. The number of benzene rings is 2. The van der Waals surface area contributed by atoms with Crippen molar-refractivity contribution in [2.75, 3.05) is 5.32 Å².